The third kappa shape index (κ3) is 5.33. The van der Waals surface area contributed by atoms with E-state index < -0.39 is 29.6 Å². The number of carbonyl (C=O) groups excluding carboxylic acids is 3. The van der Waals surface area contributed by atoms with Crippen LogP contribution in [0.5, 0.6) is 0 Å². The summed E-state index contributed by atoms with van der Waals surface area (Å²) in [5, 5.41) is 10.6. The van der Waals surface area contributed by atoms with Crippen molar-refractivity contribution in [2.75, 3.05) is 26.8 Å². The number of aliphatic carboxylic acids is 1. The van der Waals surface area contributed by atoms with Crippen LogP contribution in [0.3, 0.4) is 0 Å². The van der Waals surface area contributed by atoms with Gasteiger partial charge in [-0.05, 0) is 40.0 Å². The van der Waals surface area contributed by atoms with Crippen molar-refractivity contribution >= 4 is 17.8 Å². The number of allylic oxidation sites excluding steroid dienone is 1. The van der Waals surface area contributed by atoms with Crippen LogP contribution in [0.2, 0.25) is 0 Å². The molecular formula is C23H32NNaO8. The molecule has 3 aliphatic heterocycles. The molecule has 33 heavy (non-hydrogen) atoms. The normalized spacial score (nSPS) is 36.9. The van der Waals surface area contributed by atoms with Gasteiger partial charge in [0.05, 0.1) is 18.6 Å². The van der Waals surface area contributed by atoms with E-state index in [2.05, 4.69) is 26.8 Å². The first kappa shape index (κ1) is 26.6. The molecular weight excluding hydrogens is 441 g/mol. The van der Waals surface area contributed by atoms with Gasteiger partial charge in [-0.25, -0.2) is 4.79 Å². The summed E-state index contributed by atoms with van der Waals surface area (Å²) in [4.78, 5) is 36.0. The summed E-state index contributed by atoms with van der Waals surface area (Å²) in [5.74, 6) is -2.85. The van der Waals surface area contributed by atoms with Crippen molar-refractivity contribution in [1.82, 2.24) is 4.90 Å². The smallest absolute Gasteiger partial charge is 0.542 e. The molecule has 4 rings (SSSR count). The molecule has 0 aromatic rings. The first-order valence-electron chi connectivity index (χ1n) is 11.3. The topological polar surface area (TPSA) is 121 Å². The zero-order valence-corrected chi connectivity index (χ0v) is 22.1. The Labute approximate surface area is 216 Å². The quantitative estimate of drug-likeness (QED) is 0.169. The minimum atomic E-state index is -1.68. The SMILES string of the molecule is CO[C@@H]1[C@H](OC(=O)N2CC(CC(=O)C(=O)[O-])C2)CC[C@]2(CO2)[C@H]1[C@@]1(C)O[C@@H]1CC=C(C)C.[Na+]. The van der Waals surface area contributed by atoms with Gasteiger partial charge < -0.3 is 33.7 Å². The second kappa shape index (κ2) is 9.95. The van der Waals surface area contributed by atoms with Crippen LogP contribution in [-0.4, -0.2) is 79.1 Å². The van der Waals surface area contributed by atoms with Gasteiger partial charge in [0.1, 0.15) is 29.4 Å². The number of carbonyl (C=O) groups is 3. The Balaban J connectivity index is 0.00000306. The van der Waals surface area contributed by atoms with E-state index in [-0.39, 0.29) is 65.6 Å². The van der Waals surface area contributed by atoms with Gasteiger partial charge in [0.25, 0.3) is 0 Å². The minimum absolute atomic E-state index is 0. The second-order valence-corrected chi connectivity index (χ2v) is 9.99. The van der Waals surface area contributed by atoms with E-state index >= 15 is 0 Å². The van der Waals surface area contributed by atoms with Crippen LogP contribution in [0.25, 0.3) is 0 Å². The molecule has 0 aromatic heterocycles. The van der Waals surface area contributed by atoms with Crippen molar-refractivity contribution in [2.24, 2.45) is 11.8 Å². The number of carboxylic acids is 1. The van der Waals surface area contributed by atoms with Crippen molar-refractivity contribution in [1.29, 1.82) is 0 Å². The Morgan fingerprint density at radius 1 is 1.24 bits per heavy atom. The maximum atomic E-state index is 12.7. The second-order valence-electron chi connectivity index (χ2n) is 9.99. The van der Waals surface area contributed by atoms with Gasteiger partial charge in [0.2, 0.25) is 0 Å². The fraction of sp³-hybridized carbons (Fsp3) is 0.783. The summed E-state index contributed by atoms with van der Waals surface area (Å²) < 4.78 is 23.8. The molecule has 1 amide bonds. The van der Waals surface area contributed by atoms with Gasteiger partial charge in [-0.2, -0.15) is 0 Å². The number of hydrogen-bond acceptors (Lipinski definition) is 8. The Bertz CT molecular complexity index is 817. The van der Waals surface area contributed by atoms with Gasteiger partial charge in [-0.3, -0.25) is 4.79 Å². The number of nitrogens with zero attached hydrogens (tertiary/aromatic N) is 1. The number of amides is 1. The summed E-state index contributed by atoms with van der Waals surface area (Å²) in [5.41, 5.74) is 0.556. The number of epoxide rings is 2. The van der Waals surface area contributed by atoms with E-state index in [1.54, 1.807) is 7.11 Å². The molecule has 0 unspecified atom stereocenters. The van der Waals surface area contributed by atoms with Crippen molar-refractivity contribution in [2.45, 2.75) is 76.0 Å². The average Bonchev–Trinajstić information content (AvgIpc) is 3.61. The molecule has 0 aromatic carbocycles. The standard InChI is InChI=1S/C23H33NO8.Na/c1-13(2)5-6-17-22(3,32-17)19-18(29-4)16(7-8-23(19)12-30-23)31-21(28)24-10-14(11-24)9-15(25)20(26)27;/h5,14,16-19H,6-12H2,1-4H3,(H,26,27);/q;+1/p-1/t16-,17-,18-,19-,22+,23+;/m1./s1. The zero-order valence-electron chi connectivity index (χ0n) is 20.1. The van der Waals surface area contributed by atoms with Crippen molar-refractivity contribution in [3.8, 4) is 0 Å². The van der Waals surface area contributed by atoms with Crippen molar-refractivity contribution in [3.05, 3.63) is 11.6 Å². The van der Waals surface area contributed by atoms with Gasteiger partial charge in [0, 0.05) is 32.5 Å². The van der Waals surface area contributed by atoms with E-state index in [1.165, 1.54) is 10.5 Å². The van der Waals surface area contributed by atoms with Gasteiger partial charge in [0.15, 0.2) is 5.78 Å². The van der Waals surface area contributed by atoms with Crippen molar-refractivity contribution < 1.29 is 68.0 Å². The van der Waals surface area contributed by atoms with Crippen LogP contribution in [0.4, 0.5) is 4.79 Å². The van der Waals surface area contributed by atoms with Crippen LogP contribution in [0, 0.1) is 11.8 Å². The Hall–Kier alpha value is -0.970. The molecule has 1 aliphatic carbocycles. The molecule has 3 heterocycles. The summed E-state index contributed by atoms with van der Waals surface area (Å²) >= 11 is 0. The summed E-state index contributed by atoms with van der Waals surface area (Å²) in [7, 11) is 1.63. The first-order chi connectivity index (χ1) is 15.1. The molecule has 4 aliphatic rings. The van der Waals surface area contributed by atoms with Crippen molar-refractivity contribution in [3.63, 3.8) is 0 Å². The number of carboxylic acid groups (broad SMARTS) is 1. The van der Waals surface area contributed by atoms with E-state index in [4.69, 9.17) is 18.9 Å². The predicted molar refractivity (Wildman–Crippen MR) is 109 cm³/mol. The molecule has 10 heteroatoms. The number of likely N-dealkylation sites (tertiary alicyclic amines) is 1. The van der Waals surface area contributed by atoms with Gasteiger partial charge in [-0.15, -0.1) is 0 Å². The zero-order chi connectivity index (χ0) is 23.3. The average molecular weight is 473 g/mol. The van der Waals surface area contributed by atoms with E-state index in [0.29, 0.717) is 26.1 Å². The number of Topliss-reactive ketones (excluding diaryl/α,β-unsaturated/α-hetero) is 1. The first-order valence-corrected chi connectivity index (χ1v) is 11.3. The van der Waals surface area contributed by atoms with Crippen LogP contribution < -0.4 is 34.7 Å². The summed E-state index contributed by atoms with van der Waals surface area (Å²) in [6, 6.07) is 0. The Morgan fingerprint density at radius 2 is 1.91 bits per heavy atom. The largest absolute Gasteiger partial charge is 1.00 e. The van der Waals surface area contributed by atoms with E-state index in [0.717, 1.165) is 12.8 Å². The molecule has 1 saturated carbocycles. The molecule has 1 spiro atoms. The van der Waals surface area contributed by atoms with Crippen LogP contribution in [-0.2, 0) is 28.5 Å². The number of methoxy groups -OCH3 is 1. The predicted octanol–water partition coefficient (Wildman–Crippen LogP) is -2.16. The van der Waals surface area contributed by atoms with E-state index in [1.807, 2.05) is 0 Å². The number of ketones is 1. The third-order valence-electron chi connectivity index (χ3n) is 7.41. The number of ether oxygens (including phenoxy) is 4. The fourth-order valence-corrected chi connectivity index (χ4v) is 5.47. The number of hydrogen-bond donors (Lipinski definition) is 0. The Morgan fingerprint density at radius 3 is 2.45 bits per heavy atom. The number of rotatable bonds is 8. The van der Waals surface area contributed by atoms with Gasteiger partial charge >= 0.3 is 35.7 Å². The summed E-state index contributed by atoms with van der Waals surface area (Å²) in [6.07, 6.45) is 3.10. The molecule has 4 fully saturated rings. The monoisotopic (exact) mass is 473 g/mol. The molecule has 0 radical (unpaired) electrons. The molecule has 9 nitrogen and oxygen atoms in total. The van der Waals surface area contributed by atoms with Gasteiger partial charge in [-0.1, -0.05) is 11.6 Å². The maximum Gasteiger partial charge on any atom is 1.00 e. The molecule has 6 atom stereocenters. The molecule has 0 bridgehead atoms. The van der Waals surface area contributed by atoms with Crippen LogP contribution >= 0.6 is 0 Å². The summed E-state index contributed by atoms with van der Waals surface area (Å²) in [6.45, 7) is 7.47. The molecule has 0 N–H and O–H groups in total. The maximum absolute atomic E-state index is 12.7. The fourth-order valence-electron chi connectivity index (χ4n) is 5.47. The van der Waals surface area contributed by atoms with Crippen LogP contribution in [0.1, 0.15) is 46.5 Å². The molecule has 3 saturated heterocycles. The Kier molecular flexibility index (Phi) is 8.03. The molecule has 178 valence electrons. The third-order valence-corrected chi connectivity index (χ3v) is 7.41. The van der Waals surface area contributed by atoms with E-state index in [9.17, 15) is 19.5 Å². The minimum Gasteiger partial charge on any atom is -0.542 e. The van der Waals surface area contributed by atoms with Crippen LogP contribution in [0.15, 0.2) is 11.6 Å².